The number of halogens is 3. The van der Waals surface area contributed by atoms with Crippen molar-refractivity contribution in [2.24, 2.45) is 0 Å². The molecule has 0 bridgehead atoms. The summed E-state index contributed by atoms with van der Waals surface area (Å²) in [7, 11) is 0. The van der Waals surface area contributed by atoms with E-state index in [1.165, 1.54) is 19.1 Å². The Kier molecular flexibility index (Phi) is 2.94. The van der Waals surface area contributed by atoms with Crippen LogP contribution in [-0.2, 0) is 6.18 Å². The molecule has 0 N–H and O–H groups in total. The molecule has 2 rings (SSSR count). The Bertz CT molecular complexity index is 587. The van der Waals surface area contributed by atoms with Crippen molar-refractivity contribution in [2.45, 2.75) is 13.1 Å². The number of rotatable bonds is 2. The van der Waals surface area contributed by atoms with Crippen LogP contribution in [0.5, 0.6) is 0 Å². The fourth-order valence-corrected chi connectivity index (χ4v) is 1.56. The quantitative estimate of drug-likeness (QED) is 0.770. The summed E-state index contributed by atoms with van der Waals surface area (Å²) in [5.41, 5.74) is -0.255. The predicted octanol–water partition coefficient (Wildman–Crippen LogP) is 3.56. The fraction of sp³-hybridized carbons (Fsp3) is 0.167. The van der Waals surface area contributed by atoms with E-state index in [-0.39, 0.29) is 22.6 Å². The predicted molar refractivity (Wildman–Crippen MR) is 56.9 cm³/mol. The highest BCUT2D eigenvalue weighted by Crippen LogP contribution is 2.33. The lowest BCUT2D eigenvalue weighted by molar-refractivity contribution is -0.137. The van der Waals surface area contributed by atoms with E-state index in [1.807, 2.05) is 0 Å². The molecule has 2 aromatic rings. The van der Waals surface area contributed by atoms with E-state index in [9.17, 15) is 18.0 Å². The number of hydrogen-bond acceptors (Lipinski definition) is 3. The van der Waals surface area contributed by atoms with Crippen molar-refractivity contribution >= 4 is 5.78 Å². The number of nitrogens with zero attached hydrogens (tertiary/aromatic N) is 1. The van der Waals surface area contributed by atoms with Crippen molar-refractivity contribution in [2.75, 3.05) is 0 Å². The third-order valence-corrected chi connectivity index (χ3v) is 2.40. The summed E-state index contributed by atoms with van der Waals surface area (Å²) in [6.45, 7) is 1.27. The molecule has 0 radical (unpaired) electrons. The van der Waals surface area contributed by atoms with Crippen LogP contribution in [0.1, 0.15) is 23.0 Å². The topological polar surface area (TPSA) is 43.1 Å². The second-order valence-corrected chi connectivity index (χ2v) is 3.71. The fourth-order valence-electron chi connectivity index (χ4n) is 1.56. The van der Waals surface area contributed by atoms with Gasteiger partial charge in [0.15, 0.2) is 11.5 Å². The van der Waals surface area contributed by atoms with Crippen LogP contribution >= 0.6 is 0 Å². The number of carbonyl (C=O) groups is 1. The number of ketones is 1. The molecule has 0 aliphatic heterocycles. The molecular weight excluding hydrogens is 247 g/mol. The van der Waals surface area contributed by atoms with Crippen molar-refractivity contribution < 1.29 is 22.5 Å². The Hall–Kier alpha value is -2.11. The minimum atomic E-state index is -4.43. The summed E-state index contributed by atoms with van der Waals surface area (Å²) in [5, 5.41) is 3.48. The molecule has 0 amide bonds. The summed E-state index contributed by atoms with van der Waals surface area (Å²) >= 11 is 0. The SMILES string of the molecule is CC(=O)c1nocc1-c1cccc(C(F)(F)F)c1. The Morgan fingerprint density at radius 2 is 2.06 bits per heavy atom. The molecule has 0 spiro atoms. The van der Waals surface area contributed by atoms with Gasteiger partial charge < -0.3 is 4.52 Å². The zero-order valence-electron chi connectivity index (χ0n) is 9.28. The first-order chi connectivity index (χ1) is 8.39. The number of Topliss-reactive ketones (excluding diaryl/α,β-unsaturated/α-hetero) is 1. The van der Waals surface area contributed by atoms with Crippen molar-refractivity contribution in [3.8, 4) is 11.1 Å². The van der Waals surface area contributed by atoms with Gasteiger partial charge in [0.05, 0.1) is 11.1 Å². The first-order valence-corrected chi connectivity index (χ1v) is 5.02. The molecule has 18 heavy (non-hydrogen) atoms. The molecule has 6 heteroatoms. The molecule has 3 nitrogen and oxygen atoms in total. The van der Waals surface area contributed by atoms with Gasteiger partial charge in [0.1, 0.15) is 6.26 Å². The van der Waals surface area contributed by atoms with E-state index in [0.29, 0.717) is 0 Å². The molecule has 0 unspecified atom stereocenters. The lowest BCUT2D eigenvalue weighted by atomic mass is 10.0. The van der Waals surface area contributed by atoms with Crippen LogP contribution in [0.2, 0.25) is 0 Å². The van der Waals surface area contributed by atoms with Gasteiger partial charge in [-0.25, -0.2) is 0 Å². The normalized spacial score (nSPS) is 11.6. The maximum Gasteiger partial charge on any atom is 0.416 e. The Balaban J connectivity index is 2.52. The standard InChI is InChI=1S/C12H8F3NO2/c1-7(17)11-10(6-18-16-11)8-3-2-4-9(5-8)12(13,14)15/h2-6H,1H3. The number of alkyl halides is 3. The maximum absolute atomic E-state index is 12.6. The third-order valence-electron chi connectivity index (χ3n) is 2.40. The number of aromatic nitrogens is 1. The number of carbonyl (C=O) groups excluding carboxylic acids is 1. The number of benzene rings is 1. The molecule has 0 aliphatic carbocycles. The van der Waals surface area contributed by atoms with Crippen molar-refractivity contribution in [3.05, 3.63) is 41.8 Å². The largest absolute Gasteiger partial charge is 0.416 e. The van der Waals surface area contributed by atoms with Crippen LogP contribution in [0, 0.1) is 0 Å². The van der Waals surface area contributed by atoms with E-state index in [0.717, 1.165) is 18.4 Å². The molecule has 0 fully saturated rings. The summed E-state index contributed by atoms with van der Waals surface area (Å²) in [6, 6.07) is 4.66. The van der Waals surface area contributed by atoms with Crippen LogP contribution < -0.4 is 0 Å². The summed E-state index contributed by atoms with van der Waals surface area (Å²) in [4.78, 5) is 11.2. The maximum atomic E-state index is 12.6. The highest BCUT2D eigenvalue weighted by molar-refractivity contribution is 5.98. The zero-order chi connectivity index (χ0) is 13.3. The molecule has 1 aromatic carbocycles. The van der Waals surface area contributed by atoms with E-state index in [4.69, 9.17) is 0 Å². The first kappa shape index (κ1) is 12.3. The van der Waals surface area contributed by atoms with Gasteiger partial charge in [-0.2, -0.15) is 13.2 Å². The van der Waals surface area contributed by atoms with Crippen LogP contribution in [-0.4, -0.2) is 10.9 Å². The van der Waals surface area contributed by atoms with Gasteiger partial charge >= 0.3 is 6.18 Å². The highest BCUT2D eigenvalue weighted by atomic mass is 19.4. The Morgan fingerprint density at radius 1 is 1.33 bits per heavy atom. The monoisotopic (exact) mass is 255 g/mol. The smallest absolute Gasteiger partial charge is 0.363 e. The van der Waals surface area contributed by atoms with Crippen molar-refractivity contribution in [3.63, 3.8) is 0 Å². The van der Waals surface area contributed by atoms with Gasteiger partial charge in [-0.05, 0) is 17.7 Å². The lowest BCUT2D eigenvalue weighted by Gasteiger charge is -2.07. The van der Waals surface area contributed by atoms with Crippen molar-refractivity contribution in [1.29, 1.82) is 0 Å². The average molecular weight is 255 g/mol. The van der Waals surface area contributed by atoms with Crippen LogP contribution in [0.3, 0.4) is 0 Å². The minimum absolute atomic E-state index is 0.0225. The van der Waals surface area contributed by atoms with Gasteiger partial charge in [-0.1, -0.05) is 17.3 Å². The van der Waals surface area contributed by atoms with Gasteiger partial charge in [0.2, 0.25) is 0 Å². The molecule has 0 atom stereocenters. The molecule has 0 saturated carbocycles. The average Bonchev–Trinajstić information content (AvgIpc) is 2.77. The summed E-state index contributed by atoms with van der Waals surface area (Å²) in [6.07, 6.45) is -3.27. The molecular formula is C12H8F3NO2. The molecule has 1 aromatic heterocycles. The molecule has 0 aliphatic rings. The molecule has 1 heterocycles. The van der Waals surface area contributed by atoms with E-state index in [2.05, 4.69) is 9.68 Å². The number of hydrogen-bond donors (Lipinski definition) is 0. The van der Waals surface area contributed by atoms with E-state index < -0.39 is 11.7 Å². The van der Waals surface area contributed by atoms with Gasteiger partial charge in [-0.15, -0.1) is 0 Å². The molecule has 94 valence electrons. The molecule has 0 saturated heterocycles. The Labute approximate surface area is 100 Å². The first-order valence-electron chi connectivity index (χ1n) is 5.02. The van der Waals surface area contributed by atoms with Gasteiger partial charge in [0, 0.05) is 6.92 Å². The van der Waals surface area contributed by atoms with Crippen LogP contribution in [0.15, 0.2) is 35.1 Å². The van der Waals surface area contributed by atoms with E-state index >= 15 is 0 Å². The summed E-state index contributed by atoms with van der Waals surface area (Å²) < 4.78 is 42.3. The van der Waals surface area contributed by atoms with Gasteiger partial charge in [0.25, 0.3) is 0 Å². The highest BCUT2D eigenvalue weighted by Gasteiger charge is 2.30. The van der Waals surface area contributed by atoms with Crippen LogP contribution in [0.4, 0.5) is 13.2 Å². The lowest BCUT2D eigenvalue weighted by Crippen LogP contribution is -2.04. The minimum Gasteiger partial charge on any atom is -0.363 e. The second-order valence-electron chi connectivity index (χ2n) is 3.71. The second kappa shape index (κ2) is 4.29. The summed E-state index contributed by atoms with van der Waals surface area (Å²) in [5.74, 6) is -0.365. The van der Waals surface area contributed by atoms with Crippen molar-refractivity contribution in [1.82, 2.24) is 5.16 Å². The van der Waals surface area contributed by atoms with Gasteiger partial charge in [-0.3, -0.25) is 4.79 Å². The third kappa shape index (κ3) is 2.27. The van der Waals surface area contributed by atoms with Crippen LogP contribution in [0.25, 0.3) is 11.1 Å². The Morgan fingerprint density at radius 3 is 2.67 bits per heavy atom. The zero-order valence-corrected chi connectivity index (χ0v) is 9.28. The van der Waals surface area contributed by atoms with E-state index in [1.54, 1.807) is 0 Å².